The minimum Gasteiger partial charge on any atom is -0.459 e. The molecule has 8 heteroatoms. The Balaban J connectivity index is 1.31. The lowest BCUT2D eigenvalue weighted by Gasteiger charge is -2.34. The molecule has 1 aliphatic rings. The summed E-state index contributed by atoms with van der Waals surface area (Å²) >= 11 is 0. The summed E-state index contributed by atoms with van der Waals surface area (Å²) in [6, 6.07) is 14.0. The zero-order valence-electron chi connectivity index (χ0n) is 21.4. The molecule has 0 bridgehead atoms. The summed E-state index contributed by atoms with van der Waals surface area (Å²) in [4.78, 5) is 33.6. The van der Waals surface area contributed by atoms with Gasteiger partial charge in [-0.1, -0.05) is 32.9 Å². The molecule has 2 atom stereocenters. The molecular formula is C29H33N5O3. The average molecular weight is 500 g/mol. The Bertz CT molecular complexity index is 1430. The van der Waals surface area contributed by atoms with Crippen molar-refractivity contribution >= 4 is 28.5 Å². The van der Waals surface area contributed by atoms with Crippen LogP contribution in [0.1, 0.15) is 71.1 Å². The number of nitrogens with one attached hydrogen (secondary N) is 3. The van der Waals surface area contributed by atoms with Gasteiger partial charge < -0.3 is 25.8 Å². The van der Waals surface area contributed by atoms with Gasteiger partial charge in [-0.25, -0.2) is 0 Å². The van der Waals surface area contributed by atoms with Crippen LogP contribution in [0.4, 0.5) is 5.69 Å². The van der Waals surface area contributed by atoms with Gasteiger partial charge in [0.2, 0.25) is 0 Å². The summed E-state index contributed by atoms with van der Waals surface area (Å²) in [6.45, 7) is 7.08. The molecule has 0 aliphatic heterocycles. The number of fused-ring (bicyclic) bond motifs is 2. The van der Waals surface area contributed by atoms with Crippen LogP contribution in [-0.4, -0.2) is 28.3 Å². The van der Waals surface area contributed by atoms with E-state index in [4.69, 9.17) is 15.1 Å². The van der Waals surface area contributed by atoms with E-state index in [1.165, 1.54) is 11.8 Å². The molecule has 5 N–H and O–H groups in total. The van der Waals surface area contributed by atoms with Crippen LogP contribution in [0.15, 0.2) is 59.2 Å². The number of aromatic amines is 1. The van der Waals surface area contributed by atoms with Crippen molar-refractivity contribution in [1.29, 1.82) is 0 Å². The molecule has 0 saturated carbocycles. The molecule has 3 heterocycles. The molecule has 8 nitrogen and oxygen atoms in total. The van der Waals surface area contributed by atoms with Crippen molar-refractivity contribution in [1.82, 2.24) is 15.3 Å². The highest BCUT2D eigenvalue weighted by Crippen LogP contribution is 2.37. The van der Waals surface area contributed by atoms with Gasteiger partial charge in [-0.2, -0.15) is 0 Å². The molecule has 0 fully saturated rings. The average Bonchev–Trinajstić information content (AvgIpc) is 3.55. The van der Waals surface area contributed by atoms with Crippen LogP contribution in [-0.2, 0) is 12.8 Å². The first-order chi connectivity index (χ1) is 17.7. The number of benzene rings is 1. The second kappa shape index (κ2) is 9.86. The second-order valence-corrected chi connectivity index (χ2v) is 10.8. The summed E-state index contributed by atoms with van der Waals surface area (Å²) in [5.41, 5.74) is 12.1. The number of carbonyl (C=O) groups excluding carboxylic acids is 2. The quantitative estimate of drug-likeness (QED) is 0.297. The number of hydrogen-bond acceptors (Lipinski definition) is 5. The van der Waals surface area contributed by atoms with Crippen LogP contribution in [0.5, 0.6) is 0 Å². The highest BCUT2D eigenvalue weighted by molar-refractivity contribution is 6.02. The Morgan fingerprint density at radius 1 is 1.16 bits per heavy atom. The minimum atomic E-state index is -0.437. The molecule has 5 rings (SSSR count). The largest absolute Gasteiger partial charge is 0.459 e. The Labute approximate surface area is 216 Å². The SMILES string of the molecule is CC(C)(C)C1CCc2nc3cc(C(=O)N[C@H](CN)c4cccc(NC(=O)c5ccco5)c4)[nH]c3cc2C1. The smallest absolute Gasteiger partial charge is 0.291 e. The fourth-order valence-electron chi connectivity index (χ4n) is 5.02. The molecule has 1 aliphatic carbocycles. The van der Waals surface area contributed by atoms with E-state index in [0.717, 1.165) is 41.6 Å². The maximum absolute atomic E-state index is 13.2. The van der Waals surface area contributed by atoms with E-state index in [-0.39, 0.29) is 29.5 Å². The molecule has 192 valence electrons. The highest BCUT2D eigenvalue weighted by Gasteiger charge is 2.29. The number of nitrogens with two attached hydrogens (primary N) is 1. The normalized spacial score (nSPS) is 16.3. The third-order valence-electron chi connectivity index (χ3n) is 7.27. The number of amides is 2. The van der Waals surface area contributed by atoms with Gasteiger partial charge in [0, 0.05) is 17.9 Å². The van der Waals surface area contributed by atoms with E-state index in [1.54, 1.807) is 30.3 Å². The standard InChI is InChI=1S/C29H33N5O3/c1-29(2,3)19-9-10-21-18(12-19)14-22-23(32-21)15-24(33-22)27(35)34-25(16-30)17-6-4-7-20(13-17)31-28(36)26-8-5-11-37-26/h4-8,11,13-15,19,25,33H,9-10,12,16,30H2,1-3H3,(H,31,36)(H,34,35)/t19?,25-/m1/s1. The van der Waals surface area contributed by atoms with Crippen molar-refractivity contribution in [2.75, 3.05) is 11.9 Å². The van der Waals surface area contributed by atoms with Gasteiger partial charge in [-0.05, 0) is 78.1 Å². The first kappa shape index (κ1) is 24.8. The van der Waals surface area contributed by atoms with Crippen LogP contribution in [0.2, 0.25) is 0 Å². The van der Waals surface area contributed by atoms with E-state index >= 15 is 0 Å². The third-order valence-corrected chi connectivity index (χ3v) is 7.27. The number of anilines is 1. The van der Waals surface area contributed by atoms with Crippen molar-refractivity contribution in [3.8, 4) is 0 Å². The Morgan fingerprint density at radius 2 is 2.00 bits per heavy atom. The van der Waals surface area contributed by atoms with Gasteiger partial charge in [0.1, 0.15) is 5.69 Å². The van der Waals surface area contributed by atoms with Gasteiger partial charge in [0.15, 0.2) is 5.76 Å². The predicted octanol–water partition coefficient (Wildman–Crippen LogP) is 4.99. The fraction of sp³-hybridized carbons (Fsp3) is 0.345. The summed E-state index contributed by atoms with van der Waals surface area (Å²) in [5, 5.41) is 5.82. The lowest BCUT2D eigenvalue weighted by molar-refractivity contribution is 0.0932. The van der Waals surface area contributed by atoms with Crippen LogP contribution in [0, 0.1) is 11.3 Å². The fourth-order valence-corrected chi connectivity index (χ4v) is 5.02. The predicted molar refractivity (Wildman–Crippen MR) is 143 cm³/mol. The molecule has 37 heavy (non-hydrogen) atoms. The first-order valence-electron chi connectivity index (χ1n) is 12.7. The van der Waals surface area contributed by atoms with E-state index in [2.05, 4.69) is 42.5 Å². The van der Waals surface area contributed by atoms with E-state index in [0.29, 0.717) is 17.3 Å². The van der Waals surface area contributed by atoms with Crippen LogP contribution in [0.3, 0.4) is 0 Å². The Hall–Kier alpha value is -3.91. The number of rotatable bonds is 6. The Kier molecular flexibility index (Phi) is 6.60. The molecule has 4 aromatic rings. The van der Waals surface area contributed by atoms with E-state index in [1.807, 2.05) is 12.1 Å². The molecule has 2 amide bonds. The minimum absolute atomic E-state index is 0.197. The lowest BCUT2D eigenvalue weighted by atomic mass is 9.71. The van der Waals surface area contributed by atoms with Gasteiger partial charge in [0.05, 0.1) is 23.3 Å². The number of aromatic nitrogens is 2. The number of hydrogen-bond donors (Lipinski definition) is 4. The summed E-state index contributed by atoms with van der Waals surface area (Å²) in [6.07, 6.45) is 4.54. The molecule has 0 spiro atoms. The Morgan fingerprint density at radius 3 is 2.73 bits per heavy atom. The molecular weight excluding hydrogens is 466 g/mol. The van der Waals surface area contributed by atoms with E-state index < -0.39 is 6.04 Å². The zero-order chi connectivity index (χ0) is 26.2. The van der Waals surface area contributed by atoms with Crippen molar-refractivity contribution in [3.05, 3.63) is 83.1 Å². The number of pyridine rings is 1. The van der Waals surface area contributed by atoms with Crippen LogP contribution >= 0.6 is 0 Å². The monoisotopic (exact) mass is 499 g/mol. The van der Waals surface area contributed by atoms with Crippen LogP contribution in [0.25, 0.3) is 11.0 Å². The number of H-pyrrole nitrogens is 1. The number of aryl methyl sites for hydroxylation is 1. The highest BCUT2D eigenvalue weighted by atomic mass is 16.3. The first-order valence-corrected chi connectivity index (χ1v) is 12.7. The summed E-state index contributed by atoms with van der Waals surface area (Å²) < 4.78 is 5.15. The molecule has 0 radical (unpaired) electrons. The van der Waals surface area contributed by atoms with Crippen molar-refractivity contribution in [2.24, 2.45) is 17.1 Å². The van der Waals surface area contributed by atoms with Crippen molar-refractivity contribution in [3.63, 3.8) is 0 Å². The van der Waals surface area contributed by atoms with Crippen LogP contribution < -0.4 is 16.4 Å². The van der Waals surface area contributed by atoms with Gasteiger partial charge in [0.25, 0.3) is 11.8 Å². The third kappa shape index (κ3) is 5.29. The van der Waals surface area contributed by atoms with Gasteiger partial charge >= 0.3 is 0 Å². The maximum Gasteiger partial charge on any atom is 0.291 e. The summed E-state index contributed by atoms with van der Waals surface area (Å²) in [5.74, 6) is 0.223. The zero-order valence-corrected chi connectivity index (χ0v) is 21.4. The molecule has 0 saturated heterocycles. The topological polar surface area (TPSA) is 126 Å². The molecule has 1 aromatic carbocycles. The number of furan rings is 1. The van der Waals surface area contributed by atoms with Crippen molar-refractivity contribution < 1.29 is 14.0 Å². The van der Waals surface area contributed by atoms with Crippen molar-refractivity contribution in [2.45, 2.75) is 46.1 Å². The maximum atomic E-state index is 13.2. The van der Waals surface area contributed by atoms with Gasteiger partial charge in [-0.3, -0.25) is 14.6 Å². The number of nitrogens with zero attached hydrogens (tertiary/aromatic N) is 1. The lowest BCUT2D eigenvalue weighted by Crippen LogP contribution is -2.33. The van der Waals surface area contributed by atoms with E-state index in [9.17, 15) is 9.59 Å². The number of carbonyl (C=O) groups is 2. The molecule has 3 aromatic heterocycles. The second-order valence-electron chi connectivity index (χ2n) is 10.8. The summed E-state index contributed by atoms with van der Waals surface area (Å²) in [7, 11) is 0. The van der Waals surface area contributed by atoms with Gasteiger partial charge in [-0.15, -0.1) is 0 Å². The molecule has 1 unspecified atom stereocenters.